The third-order valence-corrected chi connectivity index (χ3v) is 9.03. The van der Waals surface area contributed by atoms with Crippen LogP contribution in [0.25, 0.3) is 11.2 Å². The maximum absolute atomic E-state index is 14.6. The number of likely N-dealkylation sites (N-methyl/N-ethyl adjacent to an activating group) is 1. The van der Waals surface area contributed by atoms with Crippen LogP contribution in [0.4, 0.5) is 22.0 Å². The van der Waals surface area contributed by atoms with Gasteiger partial charge < -0.3 is 25.5 Å². The van der Waals surface area contributed by atoms with Gasteiger partial charge in [0.05, 0.1) is 18.0 Å². The lowest BCUT2D eigenvalue weighted by Gasteiger charge is -2.33. The van der Waals surface area contributed by atoms with Crippen molar-refractivity contribution in [1.82, 2.24) is 29.3 Å². The van der Waals surface area contributed by atoms with Crippen LogP contribution in [-0.4, -0.2) is 85.7 Å². The van der Waals surface area contributed by atoms with Crippen molar-refractivity contribution in [3.8, 4) is 0 Å². The van der Waals surface area contributed by atoms with Gasteiger partial charge in [0.25, 0.3) is 0 Å². The molecule has 1 saturated heterocycles. The summed E-state index contributed by atoms with van der Waals surface area (Å²) in [7, 11) is 2.12. The molecule has 0 bridgehead atoms. The van der Waals surface area contributed by atoms with Gasteiger partial charge in [-0.2, -0.15) is 4.98 Å². The minimum Gasteiger partial charge on any atom is -0.393 e. The summed E-state index contributed by atoms with van der Waals surface area (Å²) in [5.41, 5.74) is 1.69. The summed E-state index contributed by atoms with van der Waals surface area (Å²) in [6.07, 6.45) is 9.01. The molecule has 3 aromatic rings. The Kier molecular flexibility index (Phi) is 9.57. The number of hydrogen-bond donors (Lipinski definition) is 3. The molecule has 2 saturated carbocycles. The second kappa shape index (κ2) is 13.3. The van der Waals surface area contributed by atoms with Gasteiger partial charge in [-0.05, 0) is 83.5 Å². The average molecular weight is 581 g/mol. The van der Waals surface area contributed by atoms with E-state index in [1.165, 1.54) is 6.07 Å². The average Bonchev–Trinajstić information content (AvgIpc) is 3.18. The number of carbonyl (C=O) groups is 1. The summed E-state index contributed by atoms with van der Waals surface area (Å²) in [6.45, 7) is 3.58. The van der Waals surface area contributed by atoms with Gasteiger partial charge in [-0.15, -0.1) is 0 Å². The molecule has 6 rings (SSSR count). The van der Waals surface area contributed by atoms with Crippen LogP contribution in [0.5, 0.6) is 0 Å². The number of aliphatic hydroxyl groups excluding tert-OH is 1. The Hall–Kier alpha value is -3.31. The van der Waals surface area contributed by atoms with Crippen LogP contribution in [-0.2, 0) is 4.79 Å². The molecule has 42 heavy (non-hydrogen) atoms. The molecule has 1 amide bonds. The van der Waals surface area contributed by atoms with Crippen molar-refractivity contribution in [2.75, 3.05) is 43.9 Å². The second-order valence-corrected chi connectivity index (χ2v) is 12.0. The van der Waals surface area contributed by atoms with E-state index in [0.717, 1.165) is 84.0 Å². The fraction of sp³-hybridized carbons (Fsp3) is 0.613. The van der Waals surface area contributed by atoms with Crippen LogP contribution < -0.4 is 10.6 Å². The molecule has 0 spiro atoms. The Bertz CT molecular complexity index is 1350. The first kappa shape index (κ1) is 30.2. The van der Waals surface area contributed by atoms with E-state index >= 15 is 0 Å². The zero-order chi connectivity index (χ0) is 28.3. The van der Waals surface area contributed by atoms with Crippen molar-refractivity contribution in [2.45, 2.75) is 83.4 Å². The molecular weight excluding hydrogens is 535 g/mol. The molecule has 1 aromatic carbocycles. The van der Waals surface area contributed by atoms with E-state index < -0.39 is 0 Å². The molecule has 11 heteroatoms. The molecule has 1 aliphatic heterocycles. The fourth-order valence-electron chi connectivity index (χ4n) is 6.59. The number of amides is 1. The number of anilines is 3. The second-order valence-electron chi connectivity index (χ2n) is 12.0. The van der Waals surface area contributed by atoms with E-state index in [4.69, 9.17) is 9.97 Å². The Balaban J connectivity index is 0.00000353. The monoisotopic (exact) mass is 580 g/mol. The van der Waals surface area contributed by atoms with Crippen molar-refractivity contribution < 1.29 is 14.3 Å². The maximum atomic E-state index is 14.6. The first-order valence-corrected chi connectivity index (χ1v) is 15.1. The first-order valence-electron chi connectivity index (χ1n) is 15.1. The Morgan fingerprint density at radius 2 is 1.74 bits per heavy atom. The number of benzene rings is 1. The lowest BCUT2D eigenvalue weighted by Crippen LogP contribution is -2.40. The number of aliphatic hydroxyl groups is 1. The van der Waals surface area contributed by atoms with Crippen LogP contribution in [0.1, 0.15) is 71.3 Å². The minimum absolute atomic E-state index is 0. The summed E-state index contributed by atoms with van der Waals surface area (Å²) in [5.74, 6) is 1.03. The lowest BCUT2D eigenvalue weighted by molar-refractivity contribution is -0.136. The first-order chi connectivity index (χ1) is 19.9. The van der Waals surface area contributed by atoms with Gasteiger partial charge in [0.15, 0.2) is 5.65 Å². The van der Waals surface area contributed by atoms with E-state index in [9.17, 15) is 14.3 Å². The summed E-state index contributed by atoms with van der Waals surface area (Å²) in [5, 5.41) is 16.5. The van der Waals surface area contributed by atoms with Crippen LogP contribution >= 0.6 is 0 Å². The molecule has 2 aromatic heterocycles. The lowest BCUT2D eigenvalue weighted by atomic mass is 9.85. The Morgan fingerprint density at radius 1 is 0.976 bits per heavy atom. The molecule has 10 nitrogen and oxygen atoms in total. The van der Waals surface area contributed by atoms with Crippen molar-refractivity contribution in [3.05, 3.63) is 36.3 Å². The van der Waals surface area contributed by atoms with Crippen LogP contribution in [0, 0.1) is 11.7 Å². The van der Waals surface area contributed by atoms with Gasteiger partial charge >= 0.3 is 0 Å². The predicted molar refractivity (Wildman–Crippen MR) is 163 cm³/mol. The molecule has 3 fully saturated rings. The van der Waals surface area contributed by atoms with Gasteiger partial charge in [0, 0.05) is 37.6 Å². The SMILES string of the molecule is C.CN1CCCN(C(=O)C2CCC(n3c(Nc4ccccc4F)nc4cnc(NC5CCC(O)CC5)nc43)CC2)CC1. The quantitative estimate of drug-likeness (QED) is 0.375. The number of nitrogens with one attached hydrogen (secondary N) is 2. The Labute approximate surface area is 247 Å². The number of carbonyl (C=O) groups excluding carboxylic acids is 1. The van der Waals surface area contributed by atoms with Crippen molar-refractivity contribution in [1.29, 1.82) is 0 Å². The van der Waals surface area contributed by atoms with E-state index in [1.54, 1.807) is 24.4 Å². The van der Waals surface area contributed by atoms with Crippen LogP contribution in [0.3, 0.4) is 0 Å². The highest BCUT2D eigenvalue weighted by molar-refractivity contribution is 5.79. The van der Waals surface area contributed by atoms with E-state index in [-0.39, 0.29) is 43.3 Å². The fourth-order valence-corrected chi connectivity index (χ4v) is 6.59. The minimum atomic E-state index is -0.351. The van der Waals surface area contributed by atoms with Crippen molar-refractivity contribution in [2.24, 2.45) is 5.92 Å². The highest BCUT2D eigenvalue weighted by Gasteiger charge is 2.33. The van der Waals surface area contributed by atoms with E-state index in [0.29, 0.717) is 28.7 Å². The summed E-state index contributed by atoms with van der Waals surface area (Å²) in [4.78, 5) is 32.0. The van der Waals surface area contributed by atoms with E-state index in [2.05, 4.69) is 37.0 Å². The smallest absolute Gasteiger partial charge is 0.225 e. The number of rotatable bonds is 6. The molecule has 2 aliphatic carbocycles. The third kappa shape index (κ3) is 6.67. The normalized spacial score (nSPS) is 25.5. The predicted octanol–water partition coefficient (Wildman–Crippen LogP) is 4.96. The molecule has 3 N–H and O–H groups in total. The molecule has 0 radical (unpaired) electrons. The topological polar surface area (TPSA) is 111 Å². The highest BCUT2D eigenvalue weighted by atomic mass is 19.1. The van der Waals surface area contributed by atoms with Gasteiger partial charge in [0.2, 0.25) is 17.8 Å². The largest absolute Gasteiger partial charge is 0.393 e. The molecule has 0 unspecified atom stereocenters. The molecule has 228 valence electrons. The van der Waals surface area contributed by atoms with Crippen molar-refractivity contribution in [3.63, 3.8) is 0 Å². The van der Waals surface area contributed by atoms with E-state index in [1.807, 2.05) is 0 Å². The summed E-state index contributed by atoms with van der Waals surface area (Å²) >= 11 is 0. The van der Waals surface area contributed by atoms with Crippen molar-refractivity contribution >= 4 is 34.7 Å². The number of hydrogen-bond acceptors (Lipinski definition) is 8. The zero-order valence-electron chi connectivity index (χ0n) is 23.8. The molecule has 3 heterocycles. The standard InChI is InChI=1S/C30H41FN8O2.CH4/c1-37-15-4-16-38(18-17-37)28(41)20-7-11-22(12-8-20)39-27-26(35-30(39)34-25-6-3-2-5-24(25)31)19-32-29(36-27)33-21-9-13-23(40)14-10-21;/h2-3,5-6,19-23,40H,4,7-18H2,1H3,(H,34,35)(H,32,33,36);1H4. The summed E-state index contributed by atoms with van der Waals surface area (Å²) < 4.78 is 16.7. The number of fused-ring (bicyclic) bond motifs is 1. The van der Waals surface area contributed by atoms with Crippen LogP contribution in [0.15, 0.2) is 30.5 Å². The molecular formula is C31H45FN8O2. The molecule has 3 aliphatic rings. The maximum Gasteiger partial charge on any atom is 0.225 e. The number of halogens is 1. The zero-order valence-corrected chi connectivity index (χ0v) is 23.8. The van der Waals surface area contributed by atoms with Crippen LogP contribution in [0.2, 0.25) is 0 Å². The number of para-hydroxylation sites is 1. The van der Waals surface area contributed by atoms with Gasteiger partial charge in [-0.25, -0.2) is 14.4 Å². The molecule has 0 atom stereocenters. The number of nitrogens with zero attached hydrogens (tertiary/aromatic N) is 6. The Morgan fingerprint density at radius 3 is 2.50 bits per heavy atom. The number of imidazole rings is 1. The highest BCUT2D eigenvalue weighted by Crippen LogP contribution is 2.38. The number of aromatic nitrogens is 4. The van der Waals surface area contributed by atoms with Gasteiger partial charge in [-0.1, -0.05) is 19.6 Å². The van der Waals surface area contributed by atoms with Gasteiger partial charge in [0.1, 0.15) is 11.3 Å². The van der Waals surface area contributed by atoms with Gasteiger partial charge in [-0.3, -0.25) is 9.36 Å². The third-order valence-electron chi connectivity index (χ3n) is 9.03. The summed E-state index contributed by atoms with van der Waals surface area (Å²) in [6, 6.07) is 6.86.